The van der Waals surface area contributed by atoms with Gasteiger partial charge in [0.25, 0.3) is 5.91 Å². The molecule has 0 fully saturated rings. The summed E-state index contributed by atoms with van der Waals surface area (Å²) in [6, 6.07) is 13.5. The normalized spacial score (nSPS) is 19.2. The van der Waals surface area contributed by atoms with Gasteiger partial charge >= 0.3 is 0 Å². The van der Waals surface area contributed by atoms with E-state index in [9.17, 15) is 9.18 Å². The number of amides is 1. The number of carbonyl (C=O) groups excluding carboxylic acids is 1. The highest BCUT2D eigenvalue weighted by Crippen LogP contribution is 2.33. The molecular weight excluding hydrogens is 297 g/mol. The van der Waals surface area contributed by atoms with E-state index < -0.39 is 6.10 Å². The lowest BCUT2D eigenvalue weighted by Crippen LogP contribution is -2.49. The van der Waals surface area contributed by atoms with Crippen LogP contribution in [0.25, 0.3) is 0 Å². The Labute approximate surface area is 134 Å². The van der Waals surface area contributed by atoms with Crippen LogP contribution in [0, 0.1) is 5.82 Å². The largest absolute Gasteiger partial charge is 0.482 e. The molecule has 0 aromatic heterocycles. The Balaban J connectivity index is 1.55. The Morgan fingerprint density at radius 2 is 1.74 bits per heavy atom. The van der Waals surface area contributed by atoms with Gasteiger partial charge in [-0.05, 0) is 43.2 Å². The van der Waals surface area contributed by atoms with Crippen molar-refractivity contribution in [2.24, 2.45) is 0 Å². The second-order valence-corrected chi connectivity index (χ2v) is 5.48. The van der Waals surface area contributed by atoms with E-state index in [0.29, 0.717) is 24.5 Å². The van der Waals surface area contributed by atoms with Crippen LogP contribution in [0.5, 0.6) is 11.5 Å². The van der Waals surface area contributed by atoms with Crippen LogP contribution in [-0.4, -0.2) is 24.7 Å². The van der Waals surface area contributed by atoms with Gasteiger partial charge in [0.1, 0.15) is 11.9 Å². The zero-order chi connectivity index (χ0) is 16.2. The minimum absolute atomic E-state index is 0.214. The van der Waals surface area contributed by atoms with Crippen LogP contribution in [0.3, 0.4) is 0 Å². The average molecular weight is 315 g/mol. The third kappa shape index (κ3) is 3.62. The molecule has 0 saturated heterocycles. The van der Waals surface area contributed by atoms with Crippen molar-refractivity contribution in [2.75, 3.05) is 6.54 Å². The fourth-order valence-electron chi connectivity index (χ4n) is 2.49. The third-order valence-corrected chi connectivity index (χ3v) is 3.73. The highest BCUT2D eigenvalue weighted by atomic mass is 19.1. The number of rotatable bonds is 4. The summed E-state index contributed by atoms with van der Waals surface area (Å²) in [7, 11) is 0. The Kier molecular flexibility index (Phi) is 4.46. The van der Waals surface area contributed by atoms with Gasteiger partial charge in [0.05, 0.1) is 0 Å². The summed E-state index contributed by atoms with van der Waals surface area (Å²) in [6.45, 7) is 2.26. The van der Waals surface area contributed by atoms with E-state index >= 15 is 0 Å². The molecule has 1 heterocycles. The minimum Gasteiger partial charge on any atom is -0.482 e. The first-order valence-corrected chi connectivity index (χ1v) is 7.58. The van der Waals surface area contributed by atoms with Crippen molar-refractivity contribution in [3.8, 4) is 11.5 Å². The number of hydrogen-bond acceptors (Lipinski definition) is 3. The molecule has 4 nitrogen and oxygen atoms in total. The van der Waals surface area contributed by atoms with E-state index in [2.05, 4.69) is 5.32 Å². The maximum Gasteiger partial charge on any atom is 0.265 e. The van der Waals surface area contributed by atoms with Crippen LogP contribution in [0.4, 0.5) is 4.39 Å². The molecular formula is C18H18FNO3. The van der Waals surface area contributed by atoms with Crippen LogP contribution < -0.4 is 14.8 Å². The number of carbonyl (C=O) groups is 1. The molecule has 1 aliphatic rings. The molecule has 120 valence electrons. The maximum absolute atomic E-state index is 12.8. The molecule has 2 unspecified atom stereocenters. The topological polar surface area (TPSA) is 47.6 Å². The summed E-state index contributed by atoms with van der Waals surface area (Å²) >= 11 is 0. The molecule has 23 heavy (non-hydrogen) atoms. The number of benzene rings is 2. The van der Waals surface area contributed by atoms with E-state index in [4.69, 9.17) is 9.47 Å². The van der Waals surface area contributed by atoms with Gasteiger partial charge in [-0.15, -0.1) is 0 Å². The lowest BCUT2D eigenvalue weighted by atomic mass is 10.1. The molecule has 1 N–H and O–H groups in total. The quantitative estimate of drug-likeness (QED) is 0.944. The van der Waals surface area contributed by atoms with Crippen LogP contribution in [-0.2, 0) is 11.2 Å². The van der Waals surface area contributed by atoms with Crippen molar-refractivity contribution in [2.45, 2.75) is 25.6 Å². The molecule has 1 amide bonds. The number of fused-ring (bicyclic) bond motifs is 1. The smallest absolute Gasteiger partial charge is 0.265 e. The number of hydrogen-bond donors (Lipinski definition) is 1. The van der Waals surface area contributed by atoms with E-state index in [1.54, 1.807) is 25.1 Å². The summed E-state index contributed by atoms with van der Waals surface area (Å²) in [5, 5.41) is 2.84. The SMILES string of the molecule is CC1Oc2ccccc2OC1C(=O)NCCc1ccc(F)cc1. The summed E-state index contributed by atoms with van der Waals surface area (Å²) < 4.78 is 24.3. The zero-order valence-corrected chi connectivity index (χ0v) is 12.8. The van der Waals surface area contributed by atoms with Crippen molar-refractivity contribution in [3.05, 3.63) is 59.9 Å². The molecule has 0 radical (unpaired) electrons. The molecule has 1 aliphatic heterocycles. The first-order valence-electron chi connectivity index (χ1n) is 7.58. The lowest BCUT2D eigenvalue weighted by Gasteiger charge is -2.31. The molecule has 2 atom stereocenters. The van der Waals surface area contributed by atoms with Gasteiger partial charge in [-0.25, -0.2) is 4.39 Å². The van der Waals surface area contributed by atoms with Crippen molar-refractivity contribution >= 4 is 5.91 Å². The summed E-state index contributed by atoms with van der Waals surface area (Å²) in [5.41, 5.74) is 0.964. The number of nitrogens with one attached hydrogen (secondary N) is 1. The standard InChI is InChI=1S/C18H18FNO3/c1-12-17(23-16-5-3-2-4-15(16)22-12)18(21)20-11-10-13-6-8-14(19)9-7-13/h2-9,12,17H,10-11H2,1H3,(H,20,21). The molecule has 0 aliphatic carbocycles. The van der Waals surface area contributed by atoms with Crippen molar-refractivity contribution < 1.29 is 18.7 Å². The Hall–Kier alpha value is -2.56. The van der Waals surface area contributed by atoms with Gasteiger partial charge in [0, 0.05) is 6.54 Å². The Morgan fingerprint density at radius 1 is 1.09 bits per heavy atom. The number of para-hydroxylation sites is 2. The molecule has 2 aromatic carbocycles. The van der Waals surface area contributed by atoms with E-state index in [-0.39, 0.29) is 17.8 Å². The van der Waals surface area contributed by atoms with E-state index in [0.717, 1.165) is 5.56 Å². The van der Waals surface area contributed by atoms with Crippen LogP contribution >= 0.6 is 0 Å². The van der Waals surface area contributed by atoms with Crippen molar-refractivity contribution in [3.63, 3.8) is 0 Å². The summed E-state index contributed by atoms with van der Waals surface area (Å²) in [4.78, 5) is 12.3. The number of ether oxygens (including phenoxy) is 2. The molecule has 0 spiro atoms. The van der Waals surface area contributed by atoms with Crippen molar-refractivity contribution in [1.82, 2.24) is 5.32 Å². The monoisotopic (exact) mass is 315 g/mol. The zero-order valence-electron chi connectivity index (χ0n) is 12.8. The molecule has 0 saturated carbocycles. The minimum atomic E-state index is -0.682. The van der Waals surface area contributed by atoms with Gasteiger partial charge in [0.2, 0.25) is 6.10 Å². The maximum atomic E-state index is 12.8. The second-order valence-electron chi connectivity index (χ2n) is 5.48. The van der Waals surface area contributed by atoms with Crippen molar-refractivity contribution in [1.29, 1.82) is 0 Å². The fourth-order valence-corrected chi connectivity index (χ4v) is 2.49. The molecule has 5 heteroatoms. The van der Waals surface area contributed by atoms with Gasteiger partial charge < -0.3 is 14.8 Å². The number of halogens is 1. The van der Waals surface area contributed by atoms with Crippen LogP contribution in [0.15, 0.2) is 48.5 Å². The summed E-state index contributed by atoms with van der Waals surface area (Å²) in [5.74, 6) is 0.742. The highest BCUT2D eigenvalue weighted by molar-refractivity contribution is 5.82. The molecule has 0 bridgehead atoms. The van der Waals surface area contributed by atoms with E-state index in [1.807, 2.05) is 18.2 Å². The molecule has 2 aromatic rings. The van der Waals surface area contributed by atoms with Gasteiger partial charge in [0.15, 0.2) is 11.5 Å². The average Bonchev–Trinajstić information content (AvgIpc) is 2.56. The molecule has 3 rings (SSSR count). The van der Waals surface area contributed by atoms with Crippen LogP contribution in [0.2, 0.25) is 0 Å². The third-order valence-electron chi connectivity index (χ3n) is 3.73. The fraction of sp³-hybridized carbons (Fsp3) is 0.278. The highest BCUT2D eigenvalue weighted by Gasteiger charge is 2.33. The van der Waals surface area contributed by atoms with Gasteiger partial charge in [-0.1, -0.05) is 24.3 Å². The predicted octanol–water partition coefficient (Wildman–Crippen LogP) is 2.71. The van der Waals surface area contributed by atoms with Gasteiger partial charge in [-0.2, -0.15) is 0 Å². The Bertz CT molecular complexity index is 687. The Morgan fingerprint density at radius 3 is 2.43 bits per heavy atom. The van der Waals surface area contributed by atoms with Gasteiger partial charge in [-0.3, -0.25) is 4.79 Å². The lowest BCUT2D eigenvalue weighted by molar-refractivity contribution is -0.133. The second kappa shape index (κ2) is 6.69. The predicted molar refractivity (Wildman–Crippen MR) is 84.1 cm³/mol. The summed E-state index contributed by atoms with van der Waals surface area (Å²) in [6.07, 6.45) is -0.418. The van der Waals surface area contributed by atoms with E-state index in [1.165, 1.54) is 12.1 Å². The first kappa shape index (κ1) is 15.3. The van der Waals surface area contributed by atoms with Crippen LogP contribution in [0.1, 0.15) is 12.5 Å². The first-order chi connectivity index (χ1) is 11.1.